The summed E-state index contributed by atoms with van der Waals surface area (Å²) in [5.41, 5.74) is 8.55. The van der Waals surface area contributed by atoms with E-state index in [1.165, 1.54) is 5.56 Å². The van der Waals surface area contributed by atoms with Crippen molar-refractivity contribution in [2.45, 2.75) is 13.8 Å². The summed E-state index contributed by atoms with van der Waals surface area (Å²) in [6.07, 6.45) is 3.93. The molecule has 4 N–H and O–H groups in total. The van der Waals surface area contributed by atoms with Crippen LogP contribution in [0.25, 0.3) is 28.0 Å². The molecule has 5 nitrogen and oxygen atoms in total. The summed E-state index contributed by atoms with van der Waals surface area (Å²) >= 11 is 5.05. The molecule has 0 amide bonds. The standard InChI is InChI=1S/C20H17N5S.C2H6/c21-24-20(26)23-17-8-4-7-16(11-17)18-13-22-19-12-15(9-10-25(18)19)14-5-2-1-3-6-14;1-2/h1-13H,21H2,(H2,23,24,26);1-2H3. The van der Waals surface area contributed by atoms with Gasteiger partial charge in [0.05, 0.1) is 11.9 Å². The van der Waals surface area contributed by atoms with Crippen molar-refractivity contribution < 1.29 is 0 Å². The van der Waals surface area contributed by atoms with Crippen molar-refractivity contribution in [3.05, 3.63) is 79.1 Å². The van der Waals surface area contributed by atoms with Crippen molar-refractivity contribution in [1.82, 2.24) is 14.8 Å². The van der Waals surface area contributed by atoms with Crippen LogP contribution in [0.1, 0.15) is 13.8 Å². The smallest absolute Gasteiger partial charge is 0.185 e. The SMILES string of the molecule is CC.NNC(=S)Nc1cccc(-c2cnc3cc(-c4ccccc4)ccn23)c1. The number of imidazole rings is 1. The number of fused-ring (bicyclic) bond motifs is 1. The van der Waals surface area contributed by atoms with Gasteiger partial charge in [0.1, 0.15) is 5.65 Å². The maximum atomic E-state index is 5.32. The Morgan fingerprint density at radius 3 is 2.43 bits per heavy atom. The summed E-state index contributed by atoms with van der Waals surface area (Å²) in [4.78, 5) is 4.57. The first-order valence-corrected chi connectivity index (χ1v) is 9.56. The van der Waals surface area contributed by atoms with Crippen molar-refractivity contribution in [2.75, 3.05) is 5.32 Å². The van der Waals surface area contributed by atoms with Gasteiger partial charge in [0.15, 0.2) is 5.11 Å². The second-order valence-corrected chi connectivity index (χ2v) is 6.24. The second kappa shape index (κ2) is 9.12. The number of anilines is 1. The van der Waals surface area contributed by atoms with Gasteiger partial charge < -0.3 is 10.7 Å². The lowest BCUT2D eigenvalue weighted by molar-refractivity contribution is 1.04. The highest BCUT2D eigenvalue weighted by atomic mass is 32.1. The Balaban J connectivity index is 0.00000109. The van der Waals surface area contributed by atoms with Crippen molar-refractivity contribution in [3.63, 3.8) is 0 Å². The molecule has 0 bridgehead atoms. The molecule has 142 valence electrons. The largest absolute Gasteiger partial charge is 0.332 e. The lowest BCUT2D eigenvalue weighted by Gasteiger charge is -2.09. The number of aromatic nitrogens is 2. The molecule has 0 atom stereocenters. The molecule has 2 aromatic carbocycles. The van der Waals surface area contributed by atoms with Crippen LogP contribution in [-0.4, -0.2) is 14.5 Å². The molecule has 0 saturated carbocycles. The molecule has 2 aromatic heterocycles. The summed E-state index contributed by atoms with van der Waals surface area (Å²) in [6, 6.07) is 22.4. The van der Waals surface area contributed by atoms with E-state index in [2.05, 4.69) is 44.4 Å². The van der Waals surface area contributed by atoms with Gasteiger partial charge in [0, 0.05) is 17.4 Å². The molecule has 2 heterocycles. The van der Waals surface area contributed by atoms with E-state index in [0.29, 0.717) is 5.11 Å². The van der Waals surface area contributed by atoms with Gasteiger partial charge in [-0.1, -0.05) is 56.3 Å². The van der Waals surface area contributed by atoms with Crippen LogP contribution in [0.4, 0.5) is 5.69 Å². The van der Waals surface area contributed by atoms with Crippen LogP contribution in [0.2, 0.25) is 0 Å². The van der Waals surface area contributed by atoms with E-state index in [1.54, 1.807) is 0 Å². The van der Waals surface area contributed by atoms with Crippen molar-refractivity contribution in [1.29, 1.82) is 0 Å². The van der Waals surface area contributed by atoms with Gasteiger partial charge in [-0.3, -0.25) is 4.40 Å². The number of thiocarbonyl (C=S) groups is 1. The zero-order valence-corrected chi connectivity index (χ0v) is 16.7. The summed E-state index contributed by atoms with van der Waals surface area (Å²) in [7, 11) is 0. The molecule has 0 fully saturated rings. The minimum Gasteiger partial charge on any atom is -0.332 e. The Hall–Kier alpha value is -3.22. The van der Waals surface area contributed by atoms with E-state index in [1.807, 2.05) is 68.7 Å². The van der Waals surface area contributed by atoms with Gasteiger partial charge >= 0.3 is 0 Å². The summed E-state index contributed by atoms with van der Waals surface area (Å²) in [6.45, 7) is 4.00. The molecule has 0 aliphatic rings. The molecule has 0 spiro atoms. The molecule has 0 saturated heterocycles. The summed E-state index contributed by atoms with van der Waals surface area (Å²) in [5.74, 6) is 5.32. The van der Waals surface area contributed by atoms with Gasteiger partial charge in [-0.05, 0) is 47.6 Å². The van der Waals surface area contributed by atoms with Crippen molar-refractivity contribution in [3.8, 4) is 22.4 Å². The zero-order valence-electron chi connectivity index (χ0n) is 15.9. The van der Waals surface area contributed by atoms with Crippen molar-refractivity contribution >= 4 is 28.7 Å². The first kappa shape index (κ1) is 19.5. The van der Waals surface area contributed by atoms with Crippen LogP contribution in [0, 0.1) is 0 Å². The Kier molecular flexibility index (Phi) is 6.37. The van der Waals surface area contributed by atoms with Crippen LogP contribution in [0.5, 0.6) is 0 Å². The van der Waals surface area contributed by atoms with Crippen LogP contribution >= 0.6 is 12.2 Å². The minimum absolute atomic E-state index is 0.368. The average molecular weight is 390 g/mol. The van der Waals surface area contributed by atoms with Gasteiger partial charge in [-0.15, -0.1) is 0 Å². The summed E-state index contributed by atoms with van der Waals surface area (Å²) < 4.78 is 2.07. The maximum Gasteiger partial charge on any atom is 0.185 e. The predicted molar refractivity (Wildman–Crippen MR) is 121 cm³/mol. The molecule has 0 unspecified atom stereocenters. The monoisotopic (exact) mass is 389 g/mol. The Morgan fingerprint density at radius 2 is 1.68 bits per heavy atom. The number of nitrogens with two attached hydrogens (primary N) is 1. The fourth-order valence-corrected chi connectivity index (χ4v) is 3.05. The van der Waals surface area contributed by atoms with E-state index in [-0.39, 0.29) is 0 Å². The normalized spacial score (nSPS) is 10.1. The van der Waals surface area contributed by atoms with Crippen LogP contribution in [-0.2, 0) is 0 Å². The average Bonchev–Trinajstić information content (AvgIpc) is 3.19. The van der Waals surface area contributed by atoms with E-state index in [9.17, 15) is 0 Å². The molecule has 28 heavy (non-hydrogen) atoms. The Labute approximate surface area is 170 Å². The van der Waals surface area contributed by atoms with Gasteiger partial charge in [-0.2, -0.15) is 0 Å². The number of rotatable bonds is 3. The van der Waals surface area contributed by atoms with E-state index < -0.39 is 0 Å². The molecule has 0 aliphatic heterocycles. The number of hydrogen-bond donors (Lipinski definition) is 3. The number of hydrogen-bond acceptors (Lipinski definition) is 3. The highest BCUT2D eigenvalue weighted by Crippen LogP contribution is 2.26. The van der Waals surface area contributed by atoms with Gasteiger partial charge in [0.2, 0.25) is 0 Å². The highest BCUT2D eigenvalue weighted by molar-refractivity contribution is 7.80. The molecule has 6 heteroatoms. The number of nitrogens with one attached hydrogen (secondary N) is 2. The van der Waals surface area contributed by atoms with Crippen molar-refractivity contribution in [2.24, 2.45) is 5.84 Å². The summed E-state index contributed by atoms with van der Waals surface area (Å²) in [5, 5.41) is 3.41. The highest BCUT2D eigenvalue weighted by Gasteiger charge is 2.08. The molecular weight excluding hydrogens is 366 g/mol. The third kappa shape index (κ3) is 4.19. The third-order valence-electron chi connectivity index (χ3n) is 4.17. The van der Waals surface area contributed by atoms with E-state index >= 15 is 0 Å². The molecular formula is C22H23N5S. The van der Waals surface area contributed by atoms with Gasteiger partial charge in [-0.25, -0.2) is 10.8 Å². The lowest BCUT2D eigenvalue weighted by Crippen LogP contribution is -2.34. The molecule has 4 aromatic rings. The number of nitrogens with zero attached hydrogens (tertiary/aromatic N) is 2. The minimum atomic E-state index is 0.368. The first-order valence-electron chi connectivity index (χ1n) is 9.15. The molecule has 4 rings (SSSR count). The topological polar surface area (TPSA) is 67.4 Å². The fraction of sp³-hybridized carbons (Fsp3) is 0.0909. The number of hydrazine groups is 1. The zero-order chi connectivity index (χ0) is 19.9. The first-order chi connectivity index (χ1) is 13.7. The second-order valence-electron chi connectivity index (χ2n) is 5.83. The Morgan fingerprint density at radius 1 is 0.929 bits per heavy atom. The van der Waals surface area contributed by atoms with E-state index in [0.717, 1.165) is 28.2 Å². The Bertz CT molecular complexity index is 1070. The molecule has 0 aliphatic carbocycles. The maximum absolute atomic E-state index is 5.32. The van der Waals surface area contributed by atoms with Crippen LogP contribution in [0.3, 0.4) is 0 Å². The van der Waals surface area contributed by atoms with E-state index in [4.69, 9.17) is 18.1 Å². The number of pyridine rings is 1. The number of benzene rings is 2. The van der Waals surface area contributed by atoms with Gasteiger partial charge in [0.25, 0.3) is 0 Å². The lowest BCUT2D eigenvalue weighted by atomic mass is 10.1. The predicted octanol–water partition coefficient (Wildman–Crippen LogP) is 4.85. The third-order valence-corrected chi connectivity index (χ3v) is 4.39. The fourth-order valence-electron chi connectivity index (χ4n) is 2.93. The molecule has 0 radical (unpaired) electrons. The van der Waals surface area contributed by atoms with Crippen LogP contribution in [0.15, 0.2) is 79.1 Å². The van der Waals surface area contributed by atoms with Crippen LogP contribution < -0.4 is 16.6 Å². The quantitative estimate of drug-likeness (QED) is 0.265.